The highest BCUT2D eigenvalue weighted by atomic mass is 79.9. The summed E-state index contributed by atoms with van der Waals surface area (Å²) in [5, 5.41) is 4.92. The van der Waals surface area contributed by atoms with Crippen LogP contribution in [-0.4, -0.2) is 25.4 Å². The van der Waals surface area contributed by atoms with Crippen LogP contribution in [0, 0.1) is 0 Å². The minimum atomic E-state index is -0.258. The molecule has 15 heavy (non-hydrogen) atoms. The maximum atomic E-state index is 11.5. The summed E-state index contributed by atoms with van der Waals surface area (Å²) < 4.78 is 0.908. The molecule has 1 aromatic carbocycles. The van der Waals surface area contributed by atoms with Crippen LogP contribution in [0.3, 0.4) is 0 Å². The van der Waals surface area contributed by atoms with Gasteiger partial charge in [-0.3, -0.25) is 9.59 Å². The average Bonchev–Trinajstić information content (AvgIpc) is 2.26. The van der Waals surface area contributed by atoms with Gasteiger partial charge in [0.15, 0.2) is 0 Å². The van der Waals surface area contributed by atoms with Crippen LogP contribution in [0.4, 0.5) is 0 Å². The number of carbonyl (C=O) groups excluding carboxylic acids is 2. The molecule has 2 amide bonds. The maximum absolute atomic E-state index is 11.5. The van der Waals surface area contributed by atoms with E-state index in [9.17, 15) is 9.59 Å². The van der Waals surface area contributed by atoms with Gasteiger partial charge in [0, 0.05) is 17.1 Å². The van der Waals surface area contributed by atoms with E-state index in [1.807, 2.05) is 0 Å². The minimum Gasteiger partial charge on any atom is -0.358 e. The monoisotopic (exact) mass is 270 g/mol. The second kappa shape index (κ2) is 5.50. The molecule has 0 aliphatic rings. The molecule has 0 aliphatic carbocycles. The van der Waals surface area contributed by atoms with Gasteiger partial charge in [0.05, 0.1) is 6.54 Å². The van der Waals surface area contributed by atoms with Crippen molar-refractivity contribution < 1.29 is 9.59 Å². The van der Waals surface area contributed by atoms with E-state index in [1.54, 1.807) is 24.3 Å². The molecule has 0 heterocycles. The van der Waals surface area contributed by atoms with Crippen LogP contribution in [0.1, 0.15) is 10.4 Å². The summed E-state index contributed by atoms with van der Waals surface area (Å²) in [5.41, 5.74) is 0.530. The van der Waals surface area contributed by atoms with Gasteiger partial charge in [0.2, 0.25) is 5.91 Å². The number of nitrogens with one attached hydrogen (secondary N) is 2. The first-order chi connectivity index (χ1) is 7.13. The molecule has 5 heteroatoms. The van der Waals surface area contributed by atoms with Gasteiger partial charge in [0.25, 0.3) is 5.91 Å². The number of hydrogen-bond donors (Lipinski definition) is 2. The van der Waals surface area contributed by atoms with Crippen LogP contribution >= 0.6 is 15.9 Å². The topological polar surface area (TPSA) is 58.2 Å². The fraction of sp³-hybridized carbons (Fsp3) is 0.200. The lowest BCUT2D eigenvalue weighted by Gasteiger charge is -2.03. The lowest BCUT2D eigenvalue weighted by atomic mass is 10.2. The lowest BCUT2D eigenvalue weighted by molar-refractivity contribution is -0.119. The number of hydrogen-bond acceptors (Lipinski definition) is 2. The number of benzene rings is 1. The van der Waals surface area contributed by atoms with Crippen LogP contribution < -0.4 is 10.6 Å². The van der Waals surface area contributed by atoms with E-state index in [4.69, 9.17) is 0 Å². The molecular weight excluding hydrogens is 260 g/mol. The first-order valence-electron chi connectivity index (χ1n) is 4.38. The molecule has 0 saturated carbocycles. The summed E-state index contributed by atoms with van der Waals surface area (Å²) in [6, 6.07) is 6.91. The second-order valence-corrected chi connectivity index (χ2v) is 3.78. The van der Waals surface area contributed by atoms with E-state index in [1.165, 1.54) is 7.05 Å². The molecule has 0 radical (unpaired) electrons. The Hall–Kier alpha value is -1.36. The molecule has 2 N–H and O–H groups in total. The van der Waals surface area contributed by atoms with Gasteiger partial charge in [-0.15, -0.1) is 0 Å². The summed E-state index contributed by atoms with van der Waals surface area (Å²) in [6.07, 6.45) is 0. The normalized spacial score (nSPS) is 9.47. The third-order valence-electron chi connectivity index (χ3n) is 1.79. The van der Waals surface area contributed by atoms with Crippen molar-refractivity contribution in [3.63, 3.8) is 0 Å². The smallest absolute Gasteiger partial charge is 0.251 e. The SMILES string of the molecule is CNC(=O)CNC(=O)c1ccc(Br)cc1. The molecule has 0 saturated heterocycles. The van der Waals surface area contributed by atoms with Crippen molar-refractivity contribution in [1.29, 1.82) is 0 Å². The Morgan fingerprint density at radius 3 is 2.40 bits per heavy atom. The van der Waals surface area contributed by atoms with Crippen LogP contribution in [0.2, 0.25) is 0 Å². The Kier molecular flexibility index (Phi) is 4.30. The van der Waals surface area contributed by atoms with Crippen LogP contribution in [0.15, 0.2) is 28.7 Å². The highest BCUT2D eigenvalue weighted by Gasteiger charge is 2.06. The predicted molar refractivity (Wildman–Crippen MR) is 60.5 cm³/mol. The third-order valence-corrected chi connectivity index (χ3v) is 2.32. The number of rotatable bonds is 3. The van der Waals surface area contributed by atoms with Crippen molar-refractivity contribution in [2.24, 2.45) is 0 Å². The van der Waals surface area contributed by atoms with Gasteiger partial charge in [0.1, 0.15) is 0 Å². The molecule has 4 nitrogen and oxygen atoms in total. The summed E-state index contributed by atoms with van der Waals surface area (Å²) in [7, 11) is 1.52. The van der Waals surface area contributed by atoms with Crippen molar-refractivity contribution in [3.05, 3.63) is 34.3 Å². The average molecular weight is 271 g/mol. The molecule has 0 fully saturated rings. The van der Waals surface area contributed by atoms with E-state index in [0.29, 0.717) is 5.56 Å². The molecule has 0 unspecified atom stereocenters. The number of likely N-dealkylation sites (N-methyl/N-ethyl adjacent to an activating group) is 1. The standard InChI is InChI=1S/C10H11BrN2O2/c1-12-9(14)6-13-10(15)7-2-4-8(11)5-3-7/h2-5H,6H2,1H3,(H,12,14)(H,13,15). The van der Waals surface area contributed by atoms with Gasteiger partial charge < -0.3 is 10.6 Å². The number of halogens is 1. The van der Waals surface area contributed by atoms with Crippen molar-refractivity contribution in [2.45, 2.75) is 0 Å². The molecular formula is C10H11BrN2O2. The minimum absolute atomic E-state index is 0.00853. The fourth-order valence-corrected chi connectivity index (χ4v) is 1.22. The molecule has 1 aromatic rings. The van der Waals surface area contributed by atoms with Crippen molar-refractivity contribution >= 4 is 27.7 Å². The Labute approximate surface area is 96.2 Å². The molecule has 0 atom stereocenters. The molecule has 1 rings (SSSR count). The van der Waals surface area contributed by atoms with Gasteiger partial charge >= 0.3 is 0 Å². The van der Waals surface area contributed by atoms with E-state index >= 15 is 0 Å². The number of carbonyl (C=O) groups is 2. The summed E-state index contributed by atoms with van der Waals surface area (Å²) in [6.45, 7) is -0.00853. The molecule has 0 aromatic heterocycles. The van der Waals surface area contributed by atoms with Gasteiger partial charge in [-0.2, -0.15) is 0 Å². The summed E-state index contributed by atoms with van der Waals surface area (Å²) >= 11 is 3.27. The van der Waals surface area contributed by atoms with E-state index in [2.05, 4.69) is 26.6 Å². The zero-order chi connectivity index (χ0) is 11.3. The predicted octanol–water partition coefficient (Wildman–Crippen LogP) is 0.925. The number of amides is 2. The Bertz CT molecular complexity index is 362. The highest BCUT2D eigenvalue weighted by molar-refractivity contribution is 9.10. The fourth-order valence-electron chi connectivity index (χ4n) is 0.952. The quantitative estimate of drug-likeness (QED) is 0.859. The Morgan fingerprint density at radius 1 is 1.27 bits per heavy atom. The van der Waals surface area contributed by atoms with Crippen molar-refractivity contribution in [3.8, 4) is 0 Å². The lowest BCUT2D eigenvalue weighted by Crippen LogP contribution is -2.35. The zero-order valence-corrected chi connectivity index (χ0v) is 9.80. The Morgan fingerprint density at radius 2 is 1.87 bits per heavy atom. The molecule has 80 valence electrons. The van der Waals surface area contributed by atoms with Crippen LogP contribution in [-0.2, 0) is 4.79 Å². The highest BCUT2D eigenvalue weighted by Crippen LogP contribution is 2.10. The van der Waals surface area contributed by atoms with Gasteiger partial charge in [-0.05, 0) is 24.3 Å². The summed E-state index contributed by atoms with van der Waals surface area (Å²) in [5.74, 6) is -0.480. The van der Waals surface area contributed by atoms with Crippen molar-refractivity contribution in [2.75, 3.05) is 13.6 Å². The largest absolute Gasteiger partial charge is 0.358 e. The van der Waals surface area contributed by atoms with E-state index in [0.717, 1.165) is 4.47 Å². The third kappa shape index (κ3) is 3.71. The molecule has 0 aliphatic heterocycles. The van der Waals surface area contributed by atoms with Crippen LogP contribution in [0.25, 0.3) is 0 Å². The molecule has 0 spiro atoms. The van der Waals surface area contributed by atoms with E-state index < -0.39 is 0 Å². The zero-order valence-electron chi connectivity index (χ0n) is 8.21. The maximum Gasteiger partial charge on any atom is 0.251 e. The van der Waals surface area contributed by atoms with Gasteiger partial charge in [-0.25, -0.2) is 0 Å². The Balaban J connectivity index is 2.54. The first kappa shape index (κ1) is 11.7. The summed E-state index contributed by atoms with van der Waals surface area (Å²) in [4.78, 5) is 22.3. The molecule has 0 bridgehead atoms. The van der Waals surface area contributed by atoms with E-state index in [-0.39, 0.29) is 18.4 Å². The van der Waals surface area contributed by atoms with Crippen molar-refractivity contribution in [1.82, 2.24) is 10.6 Å². The first-order valence-corrected chi connectivity index (χ1v) is 5.17. The second-order valence-electron chi connectivity index (χ2n) is 2.86. The van der Waals surface area contributed by atoms with Gasteiger partial charge in [-0.1, -0.05) is 15.9 Å². The van der Waals surface area contributed by atoms with Crippen LogP contribution in [0.5, 0.6) is 0 Å².